The molecule has 0 N–H and O–H groups in total. The van der Waals surface area contributed by atoms with E-state index in [9.17, 15) is 19.2 Å². The lowest BCUT2D eigenvalue weighted by Crippen LogP contribution is -2.42. The van der Waals surface area contributed by atoms with Gasteiger partial charge in [-0.1, -0.05) is 12.2 Å². The number of esters is 3. The molecule has 7 nitrogen and oxygen atoms in total. The molecule has 0 aliphatic rings. The molecule has 0 saturated carbocycles. The van der Waals surface area contributed by atoms with Gasteiger partial charge in [0.05, 0.1) is 13.2 Å². The molecule has 0 rings (SSSR count). The molecule has 0 atom stereocenters. The van der Waals surface area contributed by atoms with E-state index in [2.05, 4.69) is 0 Å². The summed E-state index contributed by atoms with van der Waals surface area (Å²) in [6.07, 6.45) is 3.13. The van der Waals surface area contributed by atoms with Gasteiger partial charge in [0.1, 0.15) is 12.4 Å². The molecule has 24 heavy (non-hydrogen) atoms. The van der Waals surface area contributed by atoms with Gasteiger partial charge in [-0.25, -0.2) is 0 Å². The molecule has 0 radical (unpaired) electrons. The number of Topliss-reactive ketones (excluding diaryl/α,β-unsaturated/α-hetero) is 1. The lowest BCUT2D eigenvalue weighted by molar-refractivity contribution is -0.172. The second-order valence-electron chi connectivity index (χ2n) is 5.20. The lowest BCUT2D eigenvalue weighted by Gasteiger charge is -2.27. The molecule has 0 aromatic heterocycles. The third-order valence-corrected chi connectivity index (χ3v) is 3.25. The molecule has 0 saturated heterocycles. The summed E-state index contributed by atoms with van der Waals surface area (Å²) in [6, 6.07) is 0. The molecule has 0 aromatic rings. The molecule has 0 spiro atoms. The van der Waals surface area contributed by atoms with E-state index in [-0.39, 0.29) is 44.9 Å². The van der Waals surface area contributed by atoms with Crippen LogP contribution in [0, 0.1) is 5.41 Å². The minimum Gasteiger partial charge on any atom is -0.465 e. The van der Waals surface area contributed by atoms with Gasteiger partial charge in [0, 0.05) is 13.3 Å². The first-order valence-corrected chi connectivity index (χ1v) is 7.92. The highest BCUT2D eigenvalue weighted by Crippen LogP contribution is 2.33. The maximum Gasteiger partial charge on any atom is 0.323 e. The van der Waals surface area contributed by atoms with Crippen LogP contribution in [-0.2, 0) is 33.4 Å². The van der Waals surface area contributed by atoms with Gasteiger partial charge in [-0.2, -0.15) is 0 Å². The molecule has 0 fully saturated rings. The van der Waals surface area contributed by atoms with Crippen LogP contribution in [0.4, 0.5) is 0 Å². The maximum absolute atomic E-state index is 12.4. The van der Waals surface area contributed by atoms with Gasteiger partial charge >= 0.3 is 17.9 Å². The van der Waals surface area contributed by atoms with E-state index in [1.54, 1.807) is 19.9 Å². The van der Waals surface area contributed by atoms with Crippen LogP contribution < -0.4 is 0 Å². The number of ether oxygens (including phenoxy) is 3. The predicted molar refractivity (Wildman–Crippen MR) is 86.0 cm³/mol. The van der Waals surface area contributed by atoms with E-state index in [1.807, 2.05) is 0 Å². The van der Waals surface area contributed by atoms with Crippen molar-refractivity contribution in [2.45, 2.75) is 47.0 Å². The van der Waals surface area contributed by atoms with Crippen LogP contribution in [-0.4, -0.2) is 43.5 Å². The molecule has 136 valence electrons. The first-order chi connectivity index (χ1) is 11.3. The first kappa shape index (κ1) is 21.8. The quantitative estimate of drug-likeness (QED) is 0.245. The highest BCUT2D eigenvalue weighted by Gasteiger charge is 2.47. The van der Waals surface area contributed by atoms with Crippen LogP contribution >= 0.6 is 0 Å². The molecule has 0 amide bonds. The topological polar surface area (TPSA) is 96.0 Å². The van der Waals surface area contributed by atoms with Crippen LogP contribution in [0.3, 0.4) is 0 Å². The Morgan fingerprint density at radius 2 is 1.42 bits per heavy atom. The summed E-state index contributed by atoms with van der Waals surface area (Å²) < 4.78 is 14.8. The van der Waals surface area contributed by atoms with Gasteiger partial charge in [0.15, 0.2) is 5.41 Å². The van der Waals surface area contributed by atoms with Gasteiger partial charge in [0.2, 0.25) is 0 Å². The zero-order chi connectivity index (χ0) is 18.6. The summed E-state index contributed by atoms with van der Waals surface area (Å²) in [6.45, 7) is 6.18. The standard InChI is InChI=1S/C17H26O7/c1-5-22-15(20)17(11-9-13(3)18,16(21)23-6-2)10-7-8-12-24-14(4)19/h7-8H,5-6,9-12H2,1-4H3/b8-7+. The third kappa shape index (κ3) is 7.39. The van der Waals surface area contributed by atoms with Crippen molar-refractivity contribution in [3.63, 3.8) is 0 Å². The Morgan fingerprint density at radius 3 is 1.83 bits per heavy atom. The Bertz CT molecular complexity index is 461. The average molecular weight is 342 g/mol. The largest absolute Gasteiger partial charge is 0.465 e. The van der Waals surface area contributed by atoms with Gasteiger partial charge in [-0.3, -0.25) is 14.4 Å². The van der Waals surface area contributed by atoms with E-state index >= 15 is 0 Å². The van der Waals surface area contributed by atoms with E-state index in [0.29, 0.717) is 0 Å². The van der Waals surface area contributed by atoms with Gasteiger partial charge in [-0.05, 0) is 33.6 Å². The SMILES string of the molecule is CCOC(=O)C(C/C=C/COC(C)=O)(CCC(C)=O)C(=O)OCC. The van der Waals surface area contributed by atoms with Gasteiger partial charge in [-0.15, -0.1) is 0 Å². The molecule has 0 aliphatic heterocycles. The molecule has 0 bridgehead atoms. The number of hydrogen-bond donors (Lipinski definition) is 0. The minimum atomic E-state index is -1.58. The average Bonchev–Trinajstić information content (AvgIpc) is 2.50. The van der Waals surface area contributed by atoms with Crippen LogP contribution in [0.15, 0.2) is 12.2 Å². The van der Waals surface area contributed by atoms with Crippen molar-refractivity contribution in [3.8, 4) is 0 Å². The molecule has 7 heteroatoms. The van der Waals surface area contributed by atoms with Crippen LogP contribution in [0.5, 0.6) is 0 Å². The van der Waals surface area contributed by atoms with Crippen LogP contribution in [0.25, 0.3) is 0 Å². The van der Waals surface area contributed by atoms with Crippen molar-refractivity contribution in [2.75, 3.05) is 19.8 Å². The fraction of sp³-hybridized carbons (Fsp3) is 0.647. The van der Waals surface area contributed by atoms with Crippen molar-refractivity contribution in [1.29, 1.82) is 0 Å². The van der Waals surface area contributed by atoms with E-state index in [4.69, 9.17) is 14.2 Å². The molecule has 0 aromatic carbocycles. The fourth-order valence-corrected chi connectivity index (χ4v) is 2.00. The van der Waals surface area contributed by atoms with Crippen molar-refractivity contribution < 1.29 is 33.4 Å². The lowest BCUT2D eigenvalue weighted by atomic mass is 9.79. The number of carbonyl (C=O) groups is 4. The normalized spacial score (nSPS) is 11.2. The zero-order valence-electron chi connectivity index (χ0n) is 14.8. The van der Waals surface area contributed by atoms with E-state index in [0.717, 1.165) is 0 Å². The van der Waals surface area contributed by atoms with Crippen molar-refractivity contribution in [2.24, 2.45) is 5.41 Å². The summed E-state index contributed by atoms with van der Waals surface area (Å²) in [5.74, 6) is -2.01. The minimum absolute atomic E-state index is 0.000782. The molecule has 0 unspecified atom stereocenters. The second kappa shape index (κ2) is 11.4. The number of hydrogen-bond acceptors (Lipinski definition) is 7. The number of ketones is 1. The highest BCUT2D eigenvalue weighted by atomic mass is 16.6. The number of carbonyl (C=O) groups excluding carboxylic acids is 4. The first-order valence-electron chi connectivity index (χ1n) is 7.92. The smallest absolute Gasteiger partial charge is 0.323 e. The summed E-state index contributed by atoms with van der Waals surface area (Å²) >= 11 is 0. The Hall–Kier alpha value is -2.18. The van der Waals surface area contributed by atoms with Crippen molar-refractivity contribution >= 4 is 23.7 Å². The molecular weight excluding hydrogens is 316 g/mol. The van der Waals surface area contributed by atoms with E-state index in [1.165, 1.54) is 19.9 Å². The van der Waals surface area contributed by atoms with Gasteiger partial charge in [0.25, 0.3) is 0 Å². The Labute approximate surface area is 142 Å². The Kier molecular flexibility index (Phi) is 10.3. The summed E-state index contributed by atoms with van der Waals surface area (Å²) in [5, 5.41) is 0. The van der Waals surface area contributed by atoms with Crippen molar-refractivity contribution in [3.05, 3.63) is 12.2 Å². The molecule has 0 aliphatic carbocycles. The van der Waals surface area contributed by atoms with Gasteiger partial charge < -0.3 is 19.0 Å². The Morgan fingerprint density at radius 1 is 0.875 bits per heavy atom. The summed E-state index contributed by atoms with van der Waals surface area (Å²) in [7, 11) is 0. The third-order valence-electron chi connectivity index (χ3n) is 3.25. The summed E-state index contributed by atoms with van der Waals surface area (Å²) in [5.41, 5.74) is -1.58. The monoisotopic (exact) mass is 342 g/mol. The Balaban J connectivity index is 5.36. The summed E-state index contributed by atoms with van der Waals surface area (Å²) in [4.78, 5) is 46.9. The second-order valence-corrected chi connectivity index (χ2v) is 5.20. The highest BCUT2D eigenvalue weighted by molar-refractivity contribution is 6.00. The van der Waals surface area contributed by atoms with Crippen molar-refractivity contribution in [1.82, 2.24) is 0 Å². The molecule has 0 heterocycles. The zero-order valence-corrected chi connectivity index (χ0v) is 14.8. The predicted octanol–water partition coefficient (Wildman–Crippen LogP) is 1.98. The number of rotatable bonds is 11. The molecular formula is C17H26O7. The van der Waals surface area contributed by atoms with Crippen LogP contribution in [0.1, 0.15) is 47.0 Å². The maximum atomic E-state index is 12.4. The van der Waals surface area contributed by atoms with E-state index < -0.39 is 23.3 Å². The van der Waals surface area contributed by atoms with Crippen LogP contribution in [0.2, 0.25) is 0 Å². The fourth-order valence-electron chi connectivity index (χ4n) is 2.00. The number of allylic oxidation sites excluding steroid dienone is 1.